The third-order valence-electron chi connectivity index (χ3n) is 3.99. The van der Waals surface area contributed by atoms with Crippen LogP contribution in [0.5, 0.6) is 0 Å². The predicted octanol–water partition coefficient (Wildman–Crippen LogP) is 3.70. The first-order chi connectivity index (χ1) is 9.56. The molecule has 2 aromatic rings. The molecule has 1 fully saturated rings. The number of nitrogens with zero attached hydrogens (tertiary/aromatic N) is 2. The highest BCUT2D eigenvalue weighted by Crippen LogP contribution is 2.24. The van der Waals surface area contributed by atoms with E-state index in [1.807, 2.05) is 23.7 Å². The largest absolute Gasteiger partial charge is 0.310 e. The van der Waals surface area contributed by atoms with E-state index in [1.54, 1.807) is 0 Å². The van der Waals surface area contributed by atoms with E-state index < -0.39 is 0 Å². The normalized spacial score (nSPS) is 14.8. The molecular weight excluding hydrogens is 270 g/mol. The third kappa shape index (κ3) is 2.60. The molecule has 4 heteroatoms. The Labute approximate surface area is 124 Å². The van der Waals surface area contributed by atoms with Crippen molar-refractivity contribution in [1.82, 2.24) is 15.1 Å². The van der Waals surface area contributed by atoms with Crippen LogP contribution in [0.3, 0.4) is 0 Å². The van der Waals surface area contributed by atoms with Crippen molar-refractivity contribution in [3.63, 3.8) is 0 Å². The van der Waals surface area contributed by atoms with Crippen molar-refractivity contribution < 1.29 is 0 Å². The van der Waals surface area contributed by atoms with Crippen molar-refractivity contribution in [1.29, 1.82) is 0 Å². The average molecular weight is 290 g/mol. The molecule has 1 heterocycles. The zero-order chi connectivity index (χ0) is 14.3. The summed E-state index contributed by atoms with van der Waals surface area (Å²) >= 11 is 6.22. The molecule has 0 atom stereocenters. The molecule has 0 saturated heterocycles. The molecule has 1 N–H and O–H groups in total. The molecule has 0 aliphatic heterocycles. The Kier molecular flexibility index (Phi) is 3.57. The summed E-state index contributed by atoms with van der Waals surface area (Å²) in [7, 11) is 0. The molecule has 0 bridgehead atoms. The molecule has 0 amide bonds. The van der Waals surface area contributed by atoms with Gasteiger partial charge in [-0.1, -0.05) is 17.7 Å². The Morgan fingerprint density at radius 1 is 1.30 bits per heavy atom. The highest BCUT2D eigenvalue weighted by atomic mass is 35.5. The lowest BCUT2D eigenvalue weighted by Crippen LogP contribution is -2.16. The van der Waals surface area contributed by atoms with Gasteiger partial charge in [0.1, 0.15) is 0 Å². The minimum absolute atomic E-state index is 0.714. The number of halogens is 1. The predicted molar refractivity (Wildman–Crippen MR) is 82.6 cm³/mol. The lowest BCUT2D eigenvalue weighted by Gasteiger charge is -2.08. The lowest BCUT2D eigenvalue weighted by atomic mass is 10.2. The molecule has 1 aliphatic rings. The average Bonchev–Trinajstić information content (AvgIpc) is 3.19. The second-order valence-electron chi connectivity index (χ2n) is 5.65. The van der Waals surface area contributed by atoms with E-state index in [2.05, 4.69) is 30.3 Å². The lowest BCUT2D eigenvalue weighted by molar-refractivity contribution is 0.682. The van der Waals surface area contributed by atoms with Gasteiger partial charge >= 0.3 is 0 Å². The van der Waals surface area contributed by atoms with Gasteiger partial charge in [0.2, 0.25) is 0 Å². The molecule has 0 radical (unpaired) electrons. The van der Waals surface area contributed by atoms with Gasteiger partial charge in [-0.05, 0) is 51.3 Å². The van der Waals surface area contributed by atoms with E-state index in [9.17, 15) is 0 Å². The maximum absolute atomic E-state index is 6.22. The van der Waals surface area contributed by atoms with E-state index >= 15 is 0 Å². The first kappa shape index (κ1) is 13.7. The fraction of sp³-hybridized carbons (Fsp3) is 0.438. The maximum atomic E-state index is 6.22. The molecule has 1 aromatic carbocycles. The van der Waals surface area contributed by atoms with Crippen molar-refractivity contribution in [2.75, 3.05) is 0 Å². The van der Waals surface area contributed by atoms with Gasteiger partial charge in [-0.25, -0.2) is 4.68 Å². The topological polar surface area (TPSA) is 29.9 Å². The Morgan fingerprint density at radius 2 is 2.05 bits per heavy atom. The van der Waals surface area contributed by atoms with Crippen LogP contribution in [0.15, 0.2) is 18.2 Å². The molecule has 0 unspecified atom stereocenters. The number of rotatable bonds is 4. The number of benzene rings is 1. The molecule has 3 nitrogen and oxygen atoms in total. The highest BCUT2D eigenvalue weighted by Gasteiger charge is 2.22. The van der Waals surface area contributed by atoms with Gasteiger partial charge in [-0.3, -0.25) is 0 Å². The SMILES string of the molecule is Cc1ccc(-n2nc(C)c(CNC3CC3)c2C)cc1Cl. The van der Waals surface area contributed by atoms with Gasteiger partial charge < -0.3 is 5.32 Å². The summed E-state index contributed by atoms with van der Waals surface area (Å²) in [5.74, 6) is 0. The minimum Gasteiger partial charge on any atom is -0.310 e. The van der Waals surface area contributed by atoms with E-state index in [1.165, 1.54) is 24.1 Å². The van der Waals surface area contributed by atoms with Crippen LogP contribution in [0.25, 0.3) is 5.69 Å². The van der Waals surface area contributed by atoms with Crippen molar-refractivity contribution in [2.45, 2.75) is 46.2 Å². The van der Waals surface area contributed by atoms with Crippen molar-refractivity contribution in [2.24, 2.45) is 0 Å². The molecule has 0 spiro atoms. The first-order valence-electron chi connectivity index (χ1n) is 7.11. The zero-order valence-electron chi connectivity index (χ0n) is 12.2. The second kappa shape index (κ2) is 5.23. The minimum atomic E-state index is 0.714. The van der Waals surface area contributed by atoms with E-state index in [0.29, 0.717) is 6.04 Å². The summed E-state index contributed by atoms with van der Waals surface area (Å²) in [6.45, 7) is 7.11. The quantitative estimate of drug-likeness (QED) is 0.930. The number of nitrogens with one attached hydrogen (secondary N) is 1. The van der Waals surface area contributed by atoms with E-state index in [-0.39, 0.29) is 0 Å². The Balaban J connectivity index is 1.92. The van der Waals surface area contributed by atoms with E-state index in [4.69, 9.17) is 11.6 Å². The van der Waals surface area contributed by atoms with Crippen LogP contribution in [0.4, 0.5) is 0 Å². The fourth-order valence-corrected chi connectivity index (χ4v) is 2.60. The molecule has 3 rings (SSSR count). The summed E-state index contributed by atoms with van der Waals surface area (Å²) in [6.07, 6.45) is 2.61. The number of aryl methyl sites for hydroxylation is 2. The van der Waals surface area contributed by atoms with Crippen molar-refractivity contribution >= 4 is 11.6 Å². The fourth-order valence-electron chi connectivity index (χ4n) is 2.43. The van der Waals surface area contributed by atoms with Crippen LogP contribution in [-0.2, 0) is 6.54 Å². The van der Waals surface area contributed by atoms with Crippen LogP contribution in [0, 0.1) is 20.8 Å². The second-order valence-corrected chi connectivity index (χ2v) is 6.06. The van der Waals surface area contributed by atoms with E-state index in [0.717, 1.165) is 28.5 Å². The summed E-state index contributed by atoms with van der Waals surface area (Å²) in [4.78, 5) is 0. The molecule has 1 aromatic heterocycles. The van der Waals surface area contributed by atoms with Gasteiger partial charge in [0.25, 0.3) is 0 Å². The zero-order valence-corrected chi connectivity index (χ0v) is 13.0. The molecule has 106 valence electrons. The van der Waals surface area contributed by atoms with Crippen molar-refractivity contribution in [3.05, 3.63) is 45.7 Å². The van der Waals surface area contributed by atoms with Crippen LogP contribution in [0.1, 0.15) is 35.4 Å². The third-order valence-corrected chi connectivity index (χ3v) is 4.39. The smallest absolute Gasteiger partial charge is 0.0663 e. The molecule has 1 saturated carbocycles. The molecular formula is C16H20ClN3. The highest BCUT2D eigenvalue weighted by molar-refractivity contribution is 6.31. The number of aromatic nitrogens is 2. The van der Waals surface area contributed by atoms with Gasteiger partial charge in [-0.15, -0.1) is 0 Å². The van der Waals surface area contributed by atoms with Crippen LogP contribution in [0.2, 0.25) is 5.02 Å². The monoisotopic (exact) mass is 289 g/mol. The molecule has 20 heavy (non-hydrogen) atoms. The van der Waals surface area contributed by atoms with Gasteiger partial charge in [-0.2, -0.15) is 5.10 Å². The Morgan fingerprint density at radius 3 is 2.70 bits per heavy atom. The van der Waals surface area contributed by atoms with Crippen LogP contribution >= 0.6 is 11.6 Å². The number of hydrogen-bond acceptors (Lipinski definition) is 2. The Bertz CT molecular complexity index is 641. The van der Waals surface area contributed by atoms with Crippen molar-refractivity contribution in [3.8, 4) is 5.69 Å². The number of hydrogen-bond donors (Lipinski definition) is 1. The summed E-state index contributed by atoms with van der Waals surface area (Å²) < 4.78 is 1.99. The van der Waals surface area contributed by atoms with Crippen LogP contribution < -0.4 is 5.32 Å². The summed E-state index contributed by atoms with van der Waals surface area (Å²) in [5.41, 5.74) is 5.70. The Hall–Kier alpha value is -1.32. The standard InChI is InChI=1S/C16H20ClN3/c1-10-4-7-14(8-16(10)17)20-12(3)15(11(2)19-20)9-18-13-5-6-13/h4,7-8,13,18H,5-6,9H2,1-3H3. The van der Waals surface area contributed by atoms with Gasteiger partial charge in [0, 0.05) is 28.9 Å². The first-order valence-corrected chi connectivity index (χ1v) is 7.49. The summed E-state index contributed by atoms with van der Waals surface area (Å²) in [5, 5.41) is 9.01. The maximum Gasteiger partial charge on any atom is 0.0663 e. The van der Waals surface area contributed by atoms with Gasteiger partial charge in [0.15, 0.2) is 0 Å². The summed E-state index contributed by atoms with van der Waals surface area (Å²) in [6, 6.07) is 6.80. The van der Waals surface area contributed by atoms with Gasteiger partial charge in [0.05, 0.1) is 11.4 Å². The molecule has 1 aliphatic carbocycles. The van der Waals surface area contributed by atoms with Crippen LogP contribution in [-0.4, -0.2) is 15.8 Å².